The van der Waals surface area contributed by atoms with E-state index in [-0.39, 0.29) is 6.54 Å². The van der Waals surface area contributed by atoms with Crippen LogP contribution in [0.15, 0.2) is 54.6 Å². The van der Waals surface area contributed by atoms with Crippen LogP contribution in [-0.4, -0.2) is 24.3 Å². The summed E-state index contributed by atoms with van der Waals surface area (Å²) in [7, 11) is 0. The molecule has 0 aliphatic carbocycles. The predicted molar refractivity (Wildman–Crippen MR) is 87.9 cm³/mol. The molecule has 0 saturated heterocycles. The normalized spacial score (nSPS) is 9.78. The maximum Gasteiger partial charge on any atom is 0.313 e. The number of anilines is 2. The molecular weight excluding hydrogens is 294 g/mol. The first kappa shape index (κ1) is 16.2. The van der Waals surface area contributed by atoms with E-state index in [0.29, 0.717) is 11.4 Å². The highest BCUT2D eigenvalue weighted by Gasteiger charge is 2.14. The number of benzene rings is 2. The topological polar surface area (TPSA) is 87.3 Å². The molecule has 0 radical (unpaired) electrons. The summed E-state index contributed by atoms with van der Waals surface area (Å²) in [5.74, 6) is -2.09. The summed E-state index contributed by atoms with van der Waals surface area (Å²) < 4.78 is 0. The molecule has 6 heteroatoms. The molecule has 0 unspecified atom stereocenters. The minimum Gasteiger partial charge on any atom is -0.339 e. The lowest BCUT2D eigenvalue weighted by Crippen LogP contribution is -2.39. The van der Waals surface area contributed by atoms with Gasteiger partial charge in [-0.1, -0.05) is 30.3 Å². The molecule has 0 aliphatic heterocycles. The first-order valence-corrected chi connectivity index (χ1v) is 7.05. The lowest BCUT2D eigenvalue weighted by molar-refractivity contribution is -0.136. The van der Waals surface area contributed by atoms with Gasteiger partial charge in [0.25, 0.3) is 0 Å². The van der Waals surface area contributed by atoms with Crippen molar-refractivity contribution in [3.05, 3.63) is 60.2 Å². The van der Waals surface area contributed by atoms with Crippen LogP contribution in [0.4, 0.5) is 11.4 Å². The summed E-state index contributed by atoms with van der Waals surface area (Å²) in [6, 6.07) is 15.9. The molecule has 0 heterocycles. The van der Waals surface area contributed by atoms with Gasteiger partial charge in [-0.25, -0.2) is 0 Å². The molecule has 2 aromatic rings. The van der Waals surface area contributed by atoms with Gasteiger partial charge in [0.15, 0.2) is 0 Å². The third-order valence-electron chi connectivity index (χ3n) is 2.95. The average Bonchev–Trinajstić information content (AvgIpc) is 2.53. The second kappa shape index (κ2) is 7.74. The van der Waals surface area contributed by atoms with E-state index in [1.54, 1.807) is 42.5 Å². The fourth-order valence-electron chi connectivity index (χ4n) is 1.88. The largest absolute Gasteiger partial charge is 0.339 e. The van der Waals surface area contributed by atoms with Crippen molar-refractivity contribution < 1.29 is 14.4 Å². The van der Waals surface area contributed by atoms with Gasteiger partial charge in [-0.05, 0) is 36.8 Å². The summed E-state index contributed by atoms with van der Waals surface area (Å²) in [5, 5.41) is 7.36. The lowest BCUT2D eigenvalue weighted by atomic mass is 10.2. The van der Waals surface area contributed by atoms with Crippen LogP contribution in [0.3, 0.4) is 0 Å². The Morgan fingerprint density at radius 1 is 0.826 bits per heavy atom. The van der Waals surface area contributed by atoms with Crippen LogP contribution in [0.25, 0.3) is 0 Å². The maximum absolute atomic E-state index is 11.7. The van der Waals surface area contributed by atoms with Crippen molar-refractivity contribution >= 4 is 29.1 Å². The van der Waals surface area contributed by atoms with Gasteiger partial charge in [-0.2, -0.15) is 0 Å². The zero-order valence-corrected chi connectivity index (χ0v) is 12.6. The van der Waals surface area contributed by atoms with Crippen molar-refractivity contribution in [3.8, 4) is 0 Å². The first-order valence-electron chi connectivity index (χ1n) is 7.05. The van der Waals surface area contributed by atoms with E-state index in [0.717, 1.165) is 5.56 Å². The minimum atomic E-state index is -0.866. The fourth-order valence-corrected chi connectivity index (χ4v) is 1.88. The summed E-state index contributed by atoms with van der Waals surface area (Å²) in [5.41, 5.74) is 2.11. The standard InChI is InChI=1S/C17H17N3O3/c1-12-6-5-9-14(10-12)20-17(23)16(22)18-11-15(21)19-13-7-3-2-4-8-13/h2-10H,11H2,1H3,(H,18,22)(H,19,21)(H,20,23). The number of carbonyl (C=O) groups excluding carboxylic acids is 3. The Kier molecular flexibility index (Phi) is 5.46. The number of carbonyl (C=O) groups is 3. The number of nitrogens with one attached hydrogen (secondary N) is 3. The Morgan fingerprint density at radius 2 is 1.52 bits per heavy atom. The van der Waals surface area contributed by atoms with E-state index in [1.807, 2.05) is 19.1 Å². The zero-order valence-electron chi connectivity index (χ0n) is 12.6. The maximum atomic E-state index is 11.7. The summed E-state index contributed by atoms with van der Waals surface area (Å²) in [6.45, 7) is 1.60. The monoisotopic (exact) mass is 311 g/mol. The Morgan fingerprint density at radius 3 is 2.22 bits per heavy atom. The molecule has 2 aromatic carbocycles. The third kappa shape index (κ3) is 5.28. The van der Waals surface area contributed by atoms with Crippen molar-refractivity contribution in [2.75, 3.05) is 17.2 Å². The molecule has 0 fully saturated rings. The number of hydrogen-bond acceptors (Lipinski definition) is 3. The summed E-state index contributed by atoms with van der Waals surface area (Å²) in [6.07, 6.45) is 0. The molecule has 0 spiro atoms. The van der Waals surface area contributed by atoms with Gasteiger partial charge in [0.05, 0.1) is 6.54 Å². The molecule has 0 bridgehead atoms. The van der Waals surface area contributed by atoms with E-state index in [4.69, 9.17) is 0 Å². The molecule has 0 atom stereocenters. The number of rotatable bonds is 4. The van der Waals surface area contributed by atoms with Gasteiger partial charge in [-0.3, -0.25) is 14.4 Å². The number of amides is 3. The average molecular weight is 311 g/mol. The number of para-hydroxylation sites is 1. The molecule has 0 saturated carbocycles. The molecule has 3 amide bonds. The van der Waals surface area contributed by atoms with Crippen molar-refractivity contribution in [1.29, 1.82) is 0 Å². The van der Waals surface area contributed by atoms with E-state index >= 15 is 0 Å². The molecule has 2 rings (SSSR count). The van der Waals surface area contributed by atoms with Crippen LogP contribution < -0.4 is 16.0 Å². The van der Waals surface area contributed by atoms with Crippen LogP contribution in [0.2, 0.25) is 0 Å². The van der Waals surface area contributed by atoms with E-state index in [1.165, 1.54) is 0 Å². The second-order valence-corrected chi connectivity index (χ2v) is 4.92. The van der Waals surface area contributed by atoms with Crippen LogP contribution >= 0.6 is 0 Å². The minimum absolute atomic E-state index is 0.283. The summed E-state index contributed by atoms with van der Waals surface area (Å²) >= 11 is 0. The molecular formula is C17H17N3O3. The van der Waals surface area contributed by atoms with Gasteiger partial charge in [-0.15, -0.1) is 0 Å². The summed E-state index contributed by atoms with van der Waals surface area (Å²) in [4.78, 5) is 35.1. The van der Waals surface area contributed by atoms with Crippen LogP contribution in [0.1, 0.15) is 5.56 Å². The van der Waals surface area contributed by atoms with E-state index in [9.17, 15) is 14.4 Å². The van der Waals surface area contributed by atoms with Gasteiger partial charge in [0.2, 0.25) is 5.91 Å². The smallest absolute Gasteiger partial charge is 0.313 e. The highest BCUT2D eigenvalue weighted by atomic mass is 16.2. The highest BCUT2D eigenvalue weighted by Crippen LogP contribution is 2.09. The van der Waals surface area contributed by atoms with Crippen LogP contribution in [-0.2, 0) is 14.4 Å². The molecule has 6 nitrogen and oxygen atoms in total. The zero-order chi connectivity index (χ0) is 16.7. The van der Waals surface area contributed by atoms with Crippen molar-refractivity contribution in [2.24, 2.45) is 0 Å². The van der Waals surface area contributed by atoms with Crippen molar-refractivity contribution in [1.82, 2.24) is 5.32 Å². The third-order valence-corrected chi connectivity index (χ3v) is 2.95. The van der Waals surface area contributed by atoms with Crippen LogP contribution in [0, 0.1) is 6.92 Å². The quantitative estimate of drug-likeness (QED) is 0.751. The van der Waals surface area contributed by atoms with E-state index in [2.05, 4.69) is 16.0 Å². The Bertz CT molecular complexity index is 714. The Hall–Kier alpha value is -3.15. The Balaban J connectivity index is 1.80. The highest BCUT2D eigenvalue weighted by molar-refractivity contribution is 6.39. The molecule has 118 valence electrons. The Labute approximate surface area is 133 Å². The molecule has 3 N–H and O–H groups in total. The van der Waals surface area contributed by atoms with Gasteiger partial charge in [0, 0.05) is 11.4 Å². The van der Waals surface area contributed by atoms with Crippen LogP contribution in [0.5, 0.6) is 0 Å². The van der Waals surface area contributed by atoms with Gasteiger partial charge < -0.3 is 16.0 Å². The van der Waals surface area contributed by atoms with Gasteiger partial charge in [0.1, 0.15) is 0 Å². The predicted octanol–water partition coefficient (Wildman–Crippen LogP) is 1.69. The molecule has 0 aromatic heterocycles. The SMILES string of the molecule is Cc1cccc(NC(=O)C(=O)NCC(=O)Nc2ccccc2)c1. The molecule has 0 aliphatic rings. The molecule has 23 heavy (non-hydrogen) atoms. The number of hydrogen-bond donors (Lipinski definition) is 3. The van der Waals surface area contributed by atoms with Crippen molar-refractivity contribution in [3.63, 3.8) is 0 Å². The first-order chi connectivity index (χ1) is 11.0. The number of aryl methyl sites for hydroxylation is 1. The van der Waals surface area contributed by atoms with E-state index < -0.39 is 17.7 Å². The van der Waals surface area contributed by atoms with Crippen molar-refractivity contribution in [2.45, 2.75) is 6.92 Å². The fraction of sp³-hybridized carbons (Fsp3) is 0.118. The second-order valence-electron chi connectivity index (χ2n) is 4.92. The van der Waals surface area contributed by atoms with Gasteiger partial charge >= 0.3 is 11.8 Å². The lowest BCUT2D eigenvalue weighted by Gasteiger charge is -2.08.